The van der Waals surface area contributed by atoms with Crippen molar-refractivity contribution in [2.24, 2.45) is 5.92 Å². The quantitative estimate of drug-likeness (QED) is 0.806. The normalized spacial score (nSPS) is 26.2. The predicted molar refractivity (Wildman–Crippen MR) is 77.0 cm³/mol. The van der Waals surface area contributed by atoms with Crippen molar-refractivity contribution in [3.63, 3.8) is 0 Å². The molecule has 4 heteroatoms. The van der Waals surface area contributed by atoms with Crippen LogP contribution in [-0.4, -0.2) is 36.7 Å². The van der Waals surface area contributed by atoms with Crippen molar-refractivity contribution in [3.8, 4) is 0 Å². The lowest BCUT2D eigenvalue weighted by atomic mass is 10.1. The van der Waals surface area contributed by atoms with Crippen LogP contribution < -0.4 is 5.32 Å². The van der Waals surface area contributed by atoms with Crippen LogP contribution in [0.2, 0.25) is 0 Å². The molecule has 1 aromatic carbocycles. The fourth-order valence-corrected chi connectivity index (χ4v) is 2.64. The molecule has 0 spiro atoms. The van der Waals surface area contributed by atoms with E-state index < -0.39 is 0 Å². The molecule has 4 nitrogen and oxygen atoms in total. The summed E-state index contributed by atoms with van der Waals surface area (Å²) >= 11 is 0. The van der Waals surface area contributed by atoms with Crippen molar-refractivity contribution >= 4 is 5.91 Å². The van der Waals surface area contributed by atoms with E-state index in [1.54, 1.807) is 0 Å². The molecular formula is C16H22N2O2. The van der Waals surface area contributed by atoms with Gasteiger partial charge in [0.15, 0.2) is 0 Å². The van der Waals surface area contributed by atoms with E-state index in [1.807, 2.05) is 42.2 Å². The molecule has 1 saturated heterocycles. The highest BCUT2D eigenvalue weighted by Gasteiger charge is 2.36. The number of benzene rings is 1. The molecule has 0 radical (unpaired) electrons. The Morgan fingerprint density at radius 3 is 2.75 bits per heavy atom. The van der Waals surface area contributed by atoms with Crippen LogP contribution in [0.3, 0.4) is 0 Å². The van der Waals surface area contributed by atoms with Crippen LogP contribution in [0.15, 0.2) is 30.3 Å². The Labute approximate surface area is 120 Å². The largest absolute Gasteiger partial charge is 0.379 e. The summed E-state index contributed by atoms with van der Waals surface area (Å²) in [7, 11) is 0. The highest BCUT2D eigenvalue weighted by molar-refractivity contribution is 5.85. The third kappa shape index (κ3) is 3.02. The van der Waals surface area contributed by atoms with Gasteiger partial charge in [0, 0.05) is 13.2 Å². The predicted octanol–water partition coefficient (Wildman–Crippen LogP) is 1.93. The van der Waals surface area contributed by atoms with Crippen LogP contribution in [-0.2, 0) is 9.53 Å². The van der Waals surface area contributed by atoms with Crippen molar-refractivity contribution in [1.82, 2.24) is 10.2 Å². The van der Waals surface area contributed by atoms with Crippen molar-refractivity contribution < 1.29 is 9.53 Å². The zero-order valence-electron chi connectivity index (χ0n) is 11.9. The molecule has 1 heterocycles. The van der Waals surface area contributed by atoms with Crippen molar-refractivity contribution in [2.75, 3.05) is 19.8 Å². The summed E-state index contributed by atoms with van der Waals surface area (Å²) < 4.78 is 5.64. The minimum Gasteiger partial charge on any atom is -0.379 e. The molecule has 1 saturated carbocycles. The van der Waals surface area contributed by atoms with E-state index in [0.717, 1.165) is 18.1 Å². The summed E-state index contributed by atoms with van der Waals surface area (Å²) in [4.78, 5) is 14.3. The van der Waals surface area contributed by atoms with Crippen LogP contribution in [0.25, 0.3) is 0 Å². The van der Waals surface area contributed by atoms with Gasteiger partial charge in [0.25, 0.3) is 0 Å². The van der Waals surface area contributed by atoms with E-state index in [0.29, 0.717) is 13.2 Å². The molecule has 1 amide bonds. The van der Waals surface area contributed by atoms with Gasteiger partial charge in [-0.25, -0.2) is 0 Å². The first-order chi connectivity index (χ1) is 9.75. The number of rotatable bonds is 6. The average Bonchev–Trinajstić information content (AvgIpc) is 3.24. The van der Waals surface area contributed by atoms with Crippen molar-refractivity contribution in [3.05, 3.63) is 35.9 Å². The Hall–Kier alpha value is -1.39. The van der Waals surface area contributed by atoms with Gasteiger partial charge >= 0.3 is 0 Å². The van der Waals surface area contributed by atoms with E-state index in [1.165, 1.54) is 12.8 Å². The molecule has 2 atom stereocenters. The summed E-state index contributed by atoms with van der Waals surface area (Å²) in [5, 5.41) is 3.35. The maximum atomic E-state index is 12.5. The van der Waals surface area contributed by atoms with Crippen molar-refractivity contribution in [2.45, 2.75) is 32.0 Å². The molecule has 3 rings (SSSR count). The molecule has 1 aliphatic heterocycles. The number of hydrogen-bond donors (Lipinski definition) is 1. The first-order valence-electron chi connectivity index (χ1n) is 7.45. The number of nitrogens with zero attached hydrogens (tertiary/aromatic N) is 1. The second-order valence-electron chi connectivity index (χ2n) is 5.74. The number of carbonyl (C=O) groups is 1. The Kier molecular flexibility index (Phi) is 4.03. The summed E-state index contributed by atoms with van der Waals surface area (Å²) in [5.41, 5.74) is 1.03. The Balaban J connectivity index is 1.54. The molecule has 2 fully saturated rings. The minimum absolute atomic E-state index is 0.0669. The van der Waals surface area contributed by atoms with Gasteiger partial charge in [-0.3, -0.25) is 10.1 Å². The van der Waals surface area contributed by atoms with Crippen molar-refractivity contribution in [1.29, 1.82) is 0 Å². The van der Waals surface area contributed by atoms with E-state index in [-0.39, 0.29) is 18.1 Å². The van der Waals surface area contributed by atoms with Crippen LogP contribution in [0.1, 0.15) is 31.4 Å². The van der Waals surface area contributed by atoms with Crippen LogP contribution >= 0.6 is 0 Å². The third-order valence-electron chi connectivity index (χ3n) is 4.07. The number of carbonyl (C=O) groups excluding carboxylic acids is 1. The molecule has 0 aromatic heterocycles. The highest BCUT2D eigenvalue weighted by atomic mass is 16.5. The summed E-state index contributed by atoms with van der Waals surface area (Å²) in [6.07, 6.45) is 2.67. The average molecular weight is 274 g/mol. The zero-order valence-corrected chi connectivity index (χ0v) is 11.9. The number of hydrogen-bond acceptors (Lipinski definition) is 3. The summed E-state index contributed by atoms with van der Waals surface area (Å²) in [5.74, 6) is 0.926. The third-order valence-corrected chi connectivity index (χ3v) is 4.07. The first kappa shape index (κ1) is 13.6. The Morgan fingerprint density at radius 1 is 1.30 bits per heavy atom. The first-order valence-corrected chi connectivity index (χ1v) is 7.45. The van der Waals surface area contributed by atoms with Crippen LogP contribution in [0, 0.1) is 5.92 Å². The monoisotopic (exact) mass is 274 g/mol. The topological polar surface area (TPSA) is 41.6 Å². The molecular weight excluding hydrogens is 252 g/mol. The second kappa shape index (κ2) is 5.94. The molecule has 0 bridgehead atoms. The summed E-state index contributed by atoms with van der Waals surface area (Å²) in [6, 6.07) is 9.68. The Bertz CT molecular complexity index is 459. The Morgan fingerprint density at radius 2 is 2.05 bits per heavy atom. The lowest BCUT2D eigenvalue weighted by Gasteiger charge is -2.20. The number of nitrogens with one attached hydrogen (secondary N) is 1. The fourth-order valence-electron chi connectivity index (χ4n) is 2.64. The lowest BCUT2D eigenvalue weighted by Crippen LogP contribution is -2.37. The molecule has 2 aliphatic rings. The van der Waals surface area contributed by atoms with Gasteiger partial charge in [-0.1, -0.05) is 30.3 Å². The zero-order chi connectivity index (χ0) is 13.9. The summed E-state index contributed by atoms with van der Waals surface area (Å²) in [6.45, 7) is 4.19. The fraction of sp³-hybridized carbons (Fsp3) is 0.562. The maximum Gasteiger partial charge on any atom is 0.245 e. The van der Waals surface area contributed by atoms with E-state index in [2.05, 4.69) is 5.32 Å². The van der Waals surface area contributed by atoms with Crippen LogP contribution in [0.4, 0.5) is 0 Å². The molecule has 20 heavy (non-hydrogen) atoms. The van der Waals surface area contributed by atoms with Gasteiger partial charge in [0.2, 0.25) is 5.91 Å². The van der Waals surface area contributed by atoms with Gasteiger partial charge in [-0.15, -0.1) is 0 Å². The molecule has 1 aromatic rings. The highest BCUT2D eigenvalue weighted by Crippen LogP contribution is 2.29. The standard InChI is InChI=1S/C16H22N2O2/c1-12-17-15(14-5-3-2-4-6-14)16(19)18(12)9-10-20-11-13-7-8-13/h2-6,12-13,15,17H,7-11H2,1H3. The molecule has 1 aliphatic carbocycles. The number of amides is 1. The van der Waals surface area contributed by atoms with E-state index >= 15 is 0 Å². The van der Waals surface area contributed by atoms with E-state index in [9.17, 15) is 4.79 Å². The number of ether oxygens (including phenoxy) is 1. The maximum absolute atomic E-state index is 12.5. The van der Waals surface area contributed by atoms with Gasteiger partial charge in [0.1, 0.15) is 6.04 Å². The van der Waals surface area contributed by atoms with Crippen LogP contribution in [0.5, 0.6) is 0 Å². The SMILES string of the molecule is CC1NC(c2ccccc2)C(=O)N1CCOCC1CC1. The van der Waals surface area contributed by atoms with Gasteiger partial charge in [0.05, 0.1) is 12.8 Å². The lowest BCUT2D eigenvalue weighted by molar-refractivity contribution is -0.130. The molecule has 2 unspecified atom stereocenters. The van der Waals surface area contributed by atoms with Gasteiger partial charge in [-0.2, -0.15) is 0 Å². The minimum atomic E-state index is -0.213. The molecule has 1 N–H and O–H groups in total. The van der Waals surface area contributed by atoms with E-state index in [4.69, 9.17) is 4.74 Å². The van der Waals surface area contributed by atoms with Gasteiger partial charge < -0.3 is 9.64 Å². The molecule has 108 valence electrons. The van der Waals surface area contributed by atoms with Gasteiger partial charge in [-0.05, 0) is 31.2 Å². The smallest absolute Gasteiger partial charge is 0.245 e. The second-order valence-corrected chi connectivity index (χ2v) is 5.74.